The molecule has 0 unspecified atom stereocenters. The van der Waals surface area contributed by atoms with Gasteiger partial charge in [-0.2, -0.15) is 0 Å². The number of hydrogen-bond acceptors (Lipinski definition) is 7. The largest absolute Gasteiger partial charge is 0.464 e. The molecule has 106 valence electrons. The molecule has 0 spiro atoms. The van der Waals surface area contributed by atoms with Crippen molar-refractivity contribution in [3.63, 3.8) is 0 Å². The quantitative estimate of drug-likeness (QED) is 0.787. The van der Waals surface area contributed by atoms with Crippen molar-refractivity contribution in [2.75, 3.05) is 18.5 Å². The lowest BCUT2D eigenvalue weighted by Crippen LogP contribution is -2.27. The van der Waals surface area contributed by atoms with Crippen LogP contribution in [0.4, 0.5) is 5.69 Å². The van der Waals surface area contributed by atoms with Gasteiger partial charge >= 0.3 is 5.97 Å². The Kier molecular flexibility index (Phi) is 4.00. The van der Waals surface area contributed by atoms with E-state index in [0.29, 0.717) is 5.69 Å². The Morgan fingerprint density at radius 1 is 1.45 bits per heavy atom. The van der Waals surface area contributed by atoms with Crippen molar-refractivity contribution in [3.8, 4) is 0 Å². The van der Waals surface area contributed by atoms with E-state index in [1.54, 1.807) is 12.1 Å². The third kappa shape index (κ3) is 2.49. The number of nitrogens with zero attached hydrogens (tertiary/aromatic N) is 3. The summed E-state index contributed by atoms with van der Waals surface area (Å²) in [5.74, 6) is -0.788. The van der Waals surface area contributed by atoms with Crippen molar-refractivity contribution in [2.45, 2.75) is 4.21 Å². The number of carbonyl (C=O) groups is 1. The first-order valence-electron chi connectivity index (χ1n) is 5.39. The topological polar surface area (TPSA) is 89.5 Å². The molecule has 0 atom stereocenters. The minimum atomic E-state index is -3.89. The molecular weight excluding hydrogens is 302 g/mol. The summed E-state index contributed by atoms with van der Waals surface area (Å²) in [7, 11) is -1.33. The predicted octanol–water partition coefficient (Wildman–Crippen LogP) is 1.15. The summed E-state index contributed by atoms with van der Waals surface area (Å²) in [6.07, 6.45) is 2.95. The van der Waals surface area contributed by atoms with Gasteiger partial charge in [-0.15, -0.1) is 11.3 Å². The second-order valence-electron chi connectivity index (χ2n) is 3.66. The molecule has 2 aromatic rings. The van der Waals surface area contributed by atoms with Crippen molar-refractivity contribution in [1.29, 1.82) is 0 Å². The molecule has 0 aliphatic heterocycles. The number of pyridine rings is 1. The fraction of sp³-hybridized carbons (Fsp3) is 0.182. The van der Waals surface area contributed by atoms with Gasteiger partial charge in [0.15, 0.2) is 9.90 Å². The smallest absolute Gasteiger partial charge is 0.358 e. The highest BCUT2D eigenvalue weighted by Crippen LogP contribution is 2.27. The molecule has 0 N–H and O–H groups in total. The highest BCUT2D eigenvalue weighted by atomic mass is 32.2. The van der Waals surface area contributed by atoms with Crippen molar-refractivity contribution in [1.82, 2.24) is 9.97 Å². The standard InChI is InChI=1S/C11H11N3O4S2/c1-14(8-4-3-5-12-6-8)20(16,17)11-9(10(15)18-2)13-7-19-11/h3-7H,1-2H3. The monoisotopic (exact) mass is 313 g/mol. The SMILES string of the molecule is COC(=O)c1ncsc1S(=O)(=O)N(C)c1cccnc1. The summed E-state index contributed by atoms with van der Waals surface area (Å²) in [6.45, 7) is 0. The van der Waals surface area contributed by atoms with Crippen LogP contribution in [0.3, 0.4) is 0 Å². The van der Waals surface area contributed by atoms with E-state index in [9.17, 15) is 13.2 Å². The van der Waals surface area contributed by atoms with Crippen molar-refractivity contribution >= 4 is 33.0 Å². The van der Waals surface area contributed by atoms with Crippen LogP contribution >= 0.6 is 11.3 Å². The van der Waals surface area contributed by atoms with Crippen LogP contribution in [-0.4, -0.2) is 38.5 Å². The molecule has 0 saturated carbocycles. The Morgan fingerprint density at radius 2 is 2.20 bits per heavy atom. The fourth-order valence-electron chi connectivity index (χ4n) is 1.45. The van der Waals surface area contributed by atoms with Crippen LogP contribution < -0.4 is 4.31 Å². The maximum Gasteiger partial charge on any atom is 0.358 e. The molecule has 20 heavy (non-hydrogen) atoms. The molecule has 0 radical (unpaired) electrons. The zero-order valence-corrected chi connectivity index (χ0v) is 12.3. The van der Waals surface area contributed by atoms with Gasteiger partial charge in [-0.1, -0.05) is 0 Å². The molecule has 7 nitrogen and oxygen atoms in total. The van der Waals surface area contributed by atoms with E-state index >= 15 is 0 Å². The predicted molar refractivity (Wildman–Crippen MR) is 73.3 cm³/mol. The minimum Gasteiger partial charge on any atom is -0.464 e. The van der Waals surface area contributed by atoms with E-state index < -0.39 is 16.0 Å². The lowest BCUT2D eigenvalue weighted by atomic mass is 10.4. The average molecular weight is 313 g/mol. The van der Waals surface area contributed by atoms with Crippen LogP contribution in [0.2, 0.25) is 0 Å². The van der Waals surface area contributed by atoms with Crippen molar-refractivity contribution in [3.05, 3.63) is 35.7 Å². The maximum atomic E-state index is 12.5. The summed E-state index contributed by atoms with van der Waals surface area (Å²) >= 11 is 0.861. The summed E-state index contributed by atoms with van der Waals surface area (Å²) in [5.41, 5.74) is 1.46. The van der Waals surface area contributed by atoms with Crippen LogP contribution in [0.1, 0.15) is 10.5 Å². The fourth-order valence-corrected chi connectivity index (χ4v) is 3.92. The molecule has 2 rings (SSSR count). The number of sulfonamides is 1. The number of anilines is 1. The van der Waals surface area contributed by atoms with E-state index in [0.717, 1.165) is 15.6 Å². The number of carbonyl (C=O) groups excluding carboxylic acids is 1. The Labute approximate surface area is 119 Å². The van der Waals surface area contributed by atoms with Gasteiger partial charge in [-0.3, -0.25) is 9.29 Å². The Hall–Kier alpha value is -2.00. The molecule has 0 aromatic carbocycles. The first-order chi connectivity index (χ1) is 9.48. The molecular formula is C11H11N3O4S2. The molecule has 0 saturated heterocycles. The first-order valence-corrected chi connectivity index (χ1v) is 7.71. The molecule has 9 heteroatoms. The molecule has 2 aromatic heterocycles. The lowest BCUT2D eigenvalue weighted by molar-refractivity contribution is 0.0590. The van der Waals surface area contributed by atoms with Gasteiger partial charge in [0.1, 0.15) is 0 Å². The molecule has 0 bridgehead atoms. The highest BCUT2D eigenvalue weighted by molar-refractivity contribution is 7.94. The average Bonchev–Trinajstić information content (AvgIpc) is 2.96. The van der Waals surface area contributed by atoms with E-state index in [1.165, 1.54) is 32.1 Å². The minimum absolute atomic E-state index is 0.157. The van der Waals surface area contributed by atoms with Crippen LogP contribution in [0.15, 0.2) is 34.2 Å². The number of ether oxygens (including phenoxy) is 1. The van der Waals surface area contributed by atoms with E-state index in [2.05, 4.69) is 14.7 Å². The van der Waals surface area contributed by atoms with Crippen molar-refractivity contribution < 1.29 is 17.9 Å². The number of hydrogen-bond donors (Lipinski definition) is 0. The molecule has 0 aliphatic carbocycles. The maximum absolute atomic E-state index is 12.5. The van der Waals surface area contributed by atoms with Gasteiger partial charge in [0.25, 0.3) is 10.0 Å². The Balaban J connectivity index is 2.46. The van der Waals surface area contributed by atoms with Gasteiger partial charge in [0, 0.05) is 13.2 Å². The van der Waals surface area contributed by atoms with Crippen LogP contribution in [0.5, 0.6) is 0 Å². The number of methoxy groups -OCH3 is 1. The second kappa shape index (κ2) is 5.55. The normalized spacial score (nSPS) is 11.1. The van der Waals surface area contributed by atoms with E-state index in [-0.39, 0.29) is 9.90 Å². The van der Waals surface area contributed by atoms with E-state index in [1.807, 2.05) is 0 Å². The number of aromatic nitrogens is 2. The first kappa shape index (κ1) is 14.4. The lowest BCUT2D eigenvalue weighted by Gasteiger charge is -2.18. The Bertz CT molecular complexity index is 712. The number of thiazole rings is 1. The number of rotatable bonds is 4. The van der Waals surface area contributed by atoms with Gasteiger partial charge in [0.2, 0.25) is 0 Å². The Morgan fingerprint density at radius 3 is 2.80 bits per heavy atom. The van der Waals surface area contributed by atoms with Crippen LogP contribution in [0.25, 0.3) is 0 Å². The van der Waals surface area contributed by atoms with E-state index in [4.69, 9.17) is 0 Å². The zero-order chi connectivity index (χ0) is 14.8. The molecule has 0 amide bonds. The molecule has 0 fully saturated rings. The summed E-state index contributed by atoms with van der Waals surface area (Å²) < 4.78 is 30.4. The summed E-state index contributed by atoms with van der Waals surface area (Å²) in [4.78, 5) is 19.1. The van der Waals surface area contributed by atoms with Crippen molar-refractivity contribution in [2.24, 2.45) is 0 Å². The van der Waals surface area contributed by atoms with Gasteiger partial charge in [-0.25, -0.2) is 18.2 Å². The van der Waals surface area contributed by atoms with Gasteiger partial charge in [0.05, 0.1) is 24.5 Å². The third-order valence-corrected chi connectivity index (χ3v) is 5.65. The zero-order valence-electron chi connectivity index (χ0n) is 10.7. The van der Waals surface area contributed by atoms with Gasteiger partial charge < -0.3 is 4.74 Å². The van der Waals surface area contributed by atoms with Gasteiger partial charge in [-0.05, 0) is 12.1 Å². The summed E-state index contributed by atoms with van der Waals surface area (Å²) in [6, 6.07) is 3.22. The molecule has 2 heterocycles. The highest BCUT2D eigenvalue weighted by Gasteiger charge is 2.30. The second-order valence-corrected chi connectivity index (χ2v) is 6.68. The molecule has 0 aliphatic rings. The van der Waals surface area contributed by atoms with Crippen LogP contribution in [-0.2, 0) is 14.8 Å². The number of esters is 1. The summed E-state index contributed by atoms with van der Waals surface area (Å²) in [5, 5.41) is 0. The van der Waals surface area contributed by atoms with Crippen LogP contribution in [0, 0.1) is 0 Å². The third-order valence-electron chi connectivity index (χ3n) is 2.52.